The molecule has 22 heavy (non-hydrogen) atoms. The van der Waals surface area contributed by atoms with Crippen LogP contribution in [-0.4, -0.2) is 41.3 Å². The molecule has 1 aromatic carbocycles. The van der Waals surface area contributed by atoms with Crippen LogP contribution in [0.4, 0.5) is 4.39 Å². The number of likely N-dealkylation sites (tertiary alicyclic amines) is 1. The van der Waals surface area contributed by atoms with Crippen LogP contribution in [0, 0.1) is 5.82 Å². The fourth-order valence-electron chi connectivity index (χ4n) is 3.69. The second-order valence-electron chi connectivity index (χ2n) is 6.59. The van der Waals surface area contributed by atoms with Crippen molar-refractivity contribution in [2.45, 2.75) is 63.4 Å². The van der Waals surface area contributed by atoms with E-state index in [0.717, 1.165) is 50.8 Å². The molecule has 0 bridgehead atoms. The maximum atomic E-state index is 12.9. The van der Waals surface area contributed by atoms with E-state index in [1.54, 1.807) is 12.1 Å². The van der Waals surface area contributed by atoms with Crippen LogP contribution >= 0.6 is 0 Å². The summed E-state index contributed by atoms with van der Waals surface area (Å²) < 4.78 is 18.8. The molecule has 0 amide bonds. The normalized spacial score (nSPS) is 27.9. The van der Waals surface area contributed by atoms with Crippen LogP contribution in [0.1, 0.15) is 44.1 Å². The van der Waals surface area contributed by atoms with Crippen molar-refractivity contribution in [3.05, 3.63) is 35.6 Å². The second kappa shape index (κ2) is 7.53. The van der Waals surface area contributed by atoms with E-state index in [2.05, 4.69) is 4.90 Å². The quantitative estimate of drug-likeness (QED) is 0.928. The molecular weight excluding hydrogens is 281 g/mol. The Morgan fingerprint density at radius 1 is 1.05 bits per heavy atom. The minimum absolute atomic E-state index is 0.148. The molecule has 1 saturated carbocycles. The van der Waals surface area contributed by atoms with Gasteiger partial charge in [0.25, 0.3) is 0 Å². The van der Waals surface area contributed by atoms with Gasteiger partial charge in [-0.05, 0) is 43.4 Å². The average molecular weight is 307 g/mol. The van der Waals surface area contributed by atoms with Gasteiger partial charge >= 0.3 is 0 Å². The smallest absolute Gasteiger partial charge is 0.123 e. The fourth-order valence-corrected chi connectivity index (χ4v) is 3.69. The van der Waals surface area contributed by atoms with Crippen LogP contribution in [0.2, 0.25) is 0 Å². The Balaban J connectivity index is 1.42. The van der Waals surface area contributed by atoms with Gasteiger partial charge in [-0.3, -0.25) is 4.90 Å². The molecule has 1 aliphatic carbocycles. The zero-order chi connectivity index (χ0) is 15.4. The molecular formula is C18H26FNO2. The molecule has 2 fully saturated rings. The van der Waals surface area contributed by atoms with Crippen LogP contribution in [0.5, 0.6) is 0 Å². The summed E-state index contributed by atoms with van der Waals surface area (Å²) in [4.78, 5) is 2.45. The topological polar surface area (TPSA) is 32.7 Å². The first-order valence-electron chi connectivity index (χ1n) is 8.50. The summed E-state index contributed by atoms with van der Waals surface area (Å²) in [5.74, 6) is -0.205. The van der Waals surface area contributed by atoms with Gasteiger partial charge in [0.05, 0.1) is 18.8 Å². The third-order valence-corrected chi connectivity index (χ3v) is 5.04. The molecule has 1 saturated heterocycles. The number of aliphatic hydroxyl groups excluding tert-OH is 1. The van der Waals surface area contributed by atoms with Crippen LogP contribution in [0.15, 0.2) is 24.3 Å². The maximum absolute atomic E-state index is 12.9. The molecule has 122 valence electrons. The molecule has 0 radical (unpaired) electrons. The van der Waals surface area contributed by atoms with Gasteiger partial charge < -0.3 is 9.84 Å². The number of ether oxygens (including phenoxy) is 1. The first kappa shape index (κ1) is 15.9. The molecule has 2 atom stereocenters. The van der Waals surface area contributed by atoms with Gasteiger partial charge in [0.2, 0.25) is 0 Å². The summed E-state index contributed by atoms with van der Waals surface area (Å²) in [6.45, 7) is 2.57. The highest BCUT2D eigenvalue weighted by Crippen LogP contribution is 2.26. The van der Waals surface area contributed by atoms with Crippen molar-refractivity contribution in [2.75, 3.05) is 13.1 Å². The Morgan fingerprint density at radius 2 is 1.73 bits per heavy atom. The summed E-state index contributed by atoms with van der Waals surface area (Å²) in [5.41, 5.74) is 1.02. The van der Waals surface area contributed by atoms with Crippen molar-refractivity contribution in [2.24, 2.45) is 0 Å². The molecule has 1 N–H and O–H groups in total. The van der Waals surface area contributed by atoms with Gasteiger partial charge in [0.1, 0.15) is 5.82 Å². The Kier molecular flexibility index (Phi) is 5.45. The van der Waals surface area contributed by atoms with Gasteiger partial charge in [-0.25, -0.2) is 4.39 Å². The van der Waals surface area contributed by atoms with E-state index in [1.807, 2.05) is 0 Å². The molecule has 3 nitrogen and oxygen atoms in total. The van der Waals surface area contributed by atoms with Crippen molar-refractivity contribution in [1.29, 1.82) is 0 Å². The van der Waals surface area contributed by atoms with Crippen LogP contribution in [-0.2, 0) is 11.3 Å². The lowest BCUT2D eigenvalue weighted by Crippen LogP contribution is -2.49. The number of halogens is 1. The zero-order valence-corrected chi connectivity index (χ0v) is 13.1. The maximum Gasteiger partial charge on any atom is 0.123 e. The number of piperidine rings is 1. The Morgan fingerprint density at radius 3 is 2.41 bits per heavy atom. The van der Waals surface area contributed by atoms with Crippen LogP contribution < -0.4 is 0 Å². The van der Waals surface area contributed by atoms with Crippen LogP contribution in [0.3, 0.4) is 0 Å². The number of nitrogens with zero attached hydrogens (tertiary/aromatic N) is 1. The summed E-state index contributed by atoms with van der Waals surface area (Å²) in [6.07, 6.45) is 6.65. The first-order valence-corrected chi connectivity index (χ1v) is 8.50. The third kappa shape index (κ3) is 4.06. The Hall–Kier alpha value is -0.970. The third-order valence-electron chi connectivity index (χ3n) is 5.04. The predicted molar refractivity (Wildman–Crippen MR) is 84.0 cm³/mol. The molecule has 0 spiro atoms. The van der Waals surface area contributed by atoms with Crippen LogP contribution in [0.25, 0.3) is 0 Å². The van der Waals surface area contributed by atoms with Crippen molar-refractivity contribution in [3.8, 4) is 0 Å². The molecule has 4 heteroatoms. The van der Waals surface area contributed by atoms with Gasteiger partial charge in [0, 0.05) is 19.1 Å². The van der Waals surface area contributed by atoms with E-state index in [4.69, 9.17) is 4.74 Å². The largest absolute Gasteiger partial charge is 0.391 e. The second-order valence-corrected chi connectivity index (χ2v) is 6.59. The first-order chi connectivity index (χ1) is 10.7. The van der Waals surface area contributed by atoms with Crippen molar-refractivity contribution in [3.63, 3.8) is 0 Å². The number of benzene rings is 1. The number of hydrogen-bond acceptors (Lipinski definition) is 3. The van der Waals surface area contributed by atoms with Gasteiger partial charge in [0.15, 0.2) is 0 Å². The number of rotatable bonds is 4. The highest BCUT2D eigenvalue weighted by Gasteiger charge is 2.31. The van der Waals surface area contributed by atoms with E-state index in [1.165, 1.54) is 18.6 Å². The summed E-state index contributed by atoms with van der Waals surface area (Å²) in [5, 5.41) is 10.2. The zero-order valence-electron chi connectivity index (χ0n) is 13.1. The fraction of sp³-hybridized carbons (Fsp3) is 0.667. The van der Waals surface area contributed by atoms with E-state index >= 15 is 0 Å². The van der Waals surface area contributed by atoms with Crippen molar-refractivity contribution >= 4 is 0 Å². The number of aliphatic hydroxyl groups is 1. The average Bonchev–Trinajstić information content (AvgIpc) is 2.55. The highest BCUT2D eigenvalue weighted by molar-refractivity contribution is 5.15. The molecule has 1 aliphatic heterocycles. The monoisotopic (exact) mass is 307 g/mol. The molecule has 2 aliphatic rings. The molecule has 0 aromatic heterocycles. The Labute approximate surface area is 132 Å². The van der Waals surface area contributed by atoms with Gasteiger partial charge in [-0.1, -0.05) is 25.0 Å². The van der Waals surface area contributed by atoms with Gasteiger partial charge in [-0.2, -0.15) is 0 Å². The van der Waals surface area contributed by atoms with Crippen molar-refractivity contribution < 1.29 is 14.2 Å². The predicted octanol–water partition coefficient (Wildman–Crippen LogP) is 3.11. The van der Waals surface area contributed by atoms with E-state index in [0.29, 0.717) is 12.6 Å². The van der Waals surface area contributed by atoms with Crippen molar-refractivity contribution in [1.82, 2.24) is 4.90 Å². The summed E-state index contributed by atoms with van der Waals surface area (Å²) >= 11 is 0. The molecule has 1 heterocycles. The lowest BCUT2D eigenvalue weighted by molar-refractivity contribution is -0.0393. The standard InChI is InChI=1S/C18H26FNO2/c19-15-7-5-14(6-8-15)13-22-16-9-11-20(12-10-16)17-3-1-2-4-18(17)21/h5-8,16-18,21H,1-4,9-13H2. The lowest BCUT2D eigenvalue weighted by Gasteiger charge is -2.41. The minimum atomic E-state index is -0.205. The Bertz CT molecular complexity index is 457. The minimum Gasteiger partial charge on any atom is -0.391 e. The molecule has 3 rings (SSSR count). The van der Waals surface area contributed by atoms with E-state index in [9.17, 15) is 9.50 Å². The van der Waals surface area contributed by atoms with Gasteiger partial charge in [-0.15, -0.1) is 0 Å². The molecule has 2 unspecified atom stereocenters. The summed E-state index contributed by atoms with van der Waals surface area (Å²) in [7, 11) is 0. The SMILES string of the molecule is OC1CCCCC1N1CCC(OCc2ccc(F)cc2)CC1. The summed E-state index contributed by atoms with van der Waals surface area (Å²) in [6, 6.07) is 6.87. The van der Waals surface area contributed by atoms with E-state index < -0.39 is 0 Å². The van der Waals surface area contributed by atoms with E-state index in [-0.39, 0.29) is 18.0 Å². The highest BCUT2D eigenvalue weighted by atomic mass is 19.1. The molecule has 1 aromatic rings. The number of hydrogen-bond donors (Lipinski definition) is 1. The lowest BCUT2D eigenvalue weighted by atomic mass is 9.90.